The number of aryl methyl sites for hydroxylation is 2. The summed E-state index contributed by atoms with van der Waals surface area (Å²) in [6.45, 7) is 1.97. The fraction of sp³-hybridized carbons (Fsp3) is 0.214. The van der Waals surface area contributed by atoms with Crippen molar-refractivity contribution in [3.8, 4) is 0 Å². The molecule has 0 N–H and O–H groups in total. The van der Waals surface area contributed by atoms with Crippen molar-refractivity contribution >= 4 is 40.6 Å². The number of halogens is 2. The first kappa shape index (κ1) is 14.1. The lowest BCUT2D eigenvalue weighted by molar-refractivity contribution is -0.114. The minimum Gasteiger partial charge on any atom is -0.299 e. The van der Waals surface area contributed by atoms with Crippen LogP contribution in [0, 0.1) is 6.92 Å². The maximum atomic E-state index is 12.2. The summed E-state index contributed by atoms with van der Waals surface area (Å²) in [5, 5.41) is 5.01. The number of carbonyl (C=O) groups excluding carboxylic acids is 2. The average Bonchev–Trinajstić information content (AvgIpc) is 2.83. The van der Waals surface area contributed by atoms with Gasteiger partial charge in [-0.3, -0.25) is 19.2 Å². The highest BCUT2D eigenvalue weighted by atomic mass is 35.5. The monoisotopic (exact) mass is 323 g/mol. The molecule has 5 nitrogen and oxygen atoms in total. The van der Waals surface area contributed by atoms with Crippen molar-refractivity contribution in [2.45, 2.75) is 13.5 Å². The van der Waals surface area contributed by atoms with Gasteiger partial charge >= 0.3 is 0 Å². The summed E-state index contributed by atoms with van der Waals surface area (Å²) in [7, 11) is 1.72. The van der Waals surface area contributed by atoms with E-state index in [0.29, 0.717) is 32.7 Å². The lowest BCUT2D eigenvalue weighted by Gasteiger charge is -2.17. The van der Waals surface area contributed by atoms with E-state index in [-0.39, 0.29) is 6.54 Å². The van der Waals surface area contributed by atoms with Crippen LogP contribution >= 0.6 is 23.2 Å². The molecule has 1 amide bonds. The molecule has 0 atom stereocenters. The van der Waals surface area contributed by atoms with Gasteiger partial charge in [-0.2, -0.15) is 5.10 Å². The minimum absolute atomic E-state index is 0.166. The van der Waals surface area contributed by atoms with Gasteiger partial charge in [0.15, 0.2) is 0 Å². The molecule has 1 aromatic heterocycles. The molecule has 1 aromatic carbocycles. The molecular weight excluding hydrogens is 313 g/mol. The molecular formula is C14H11Cl2N3O2. The van der Waals surface area contributed by atoms with E-state index >= 15 is 0 Å². The van der Waals surface area contributed by atoms with Gasteiger partial charge in [-0.1, -0.05) is 29.3 Å². The number of aromatic nitrogens is 2. The summed E-state index contributed by atoms with van der Waals surface area (Å²) in [4.78, 5) is 25.6. The van der Waals surface area contributed by atoms with Crippen LogP contribution in [-0.4, -0.2) is 21.5 Å². The molecule has 3 rings (SSSR count). The van der Waals surface area contributed by atoms with E-state index in [4.69, 9.17) is 23.2 Å². The van der Waals surface area contributed by atoms with E-state index in [1.807, 2.05) is 0 Å². The Bertz CT molecular complexity index is 783. The van der Waals surface area contributed by atoms with Gasteiger partial charge in [0.05, 0.1) is 28.5 Å². The van der Waals surface area contributed by atoms with Gasteiger partial charge in [0, 0.05) is 12.6 Å². The van der Waals surface area contributed by atoms with Crippen molar-refractivity contribution in [2.24, 2.45) is 7.05 Å². The number of rotatable bonds is 2. The lowest BCUT2D eigenvalue weighted by Crippen LogP contribution is -2.29. The molecule has 0 radical (unpaired) electrons. The van der Waals surface area contributed by atoms with Crippen molar-refractivity contribution in [1.29, 1.82) is 0 Å². The number of carbonyl (C=O) groups is 2. The van der Waals surface area contributed by atoms with Crippen molar-refractivity contribution in [3.05, 3.63) is 45.2 Å². The van der Waals surface area contributed by atoms with Crippen molar-refractivity contribution in [3.63, 3.8) is 0 Å². The van der Waals surface area contributed by atoms with Crippen LogP contribution in [0.2, 0.25) is 10.2 Å². The van der Waals surface area contributed by atoms with Crippen LogP contribution in [0.15, 0.2) is 18.2 Å². The highest BCUT2D eigenvalue weighted by Crippen LogP contribution is 2.37. The molecule has 7 heteroatoms. The molecule has 21 heavy (non-hydrogen) atoms. The van der Waals surface area contributed by atoms with Gasteiger partial charge in [-0.05, 0) is 19.1 Å². The number of anilines is 1. The van der Waals surface area contributed by atoms with Gasteiger partial charge in [0.1, 0.15) is 5.15 Å². The van der Waals surface area contributed by atoms with E-state index in [1.165, 1.54) is 9.58 Å². The second kappa shape index (κ2) is 4.86. The van der Waals surface area contributed by atoms with Gasteiger partial charge < -0.3 is 0 Å². The third kappa shape index (κ3) is 2.04. The van der Waals surface area contributed by atoms with Crippen molar-refractivity contribution < 1.29 is 9.59 Å². The topological polar surface area (TPSA) is 55.2 Å². The predicted octanol–water partition coefficient (Wildman–Crippen LogP) is 2.76. The van der Waals surface area contributed by atoms with Crippen LogP contribution in [0.4, 0.5) is 5.69 Å². The number of fused-ring (bicyclic) bond motifs is 1. The third-order valence-corrected chi connectivity index (χ3v) is 4.30. The number of hydrogen-bond acceptors (Lipinski definition) is 3. The standard InChI is InChI=1S/C14H11Cl2N3O2/c1-7-9(13(16)18(2)17-7)6-19-11-8(12(20)14(19)21)4-3-5-10(11)15/h3-5H,6H2,1-2H3. The van der Waals surface area contributed by atoms with E-state index in [9.17, 15) is 9.59 Å². The number of hydrogen-bond donors (Lipinski definition) is 0. The van der Waals surface area contributed by atoms with Crippen LogP contribution in [0.1, 0.15) is 21.6 Å². The zero-order valence-corrected chi connectivity index (χ0v) is 12.9. The molecule has 1 aliphatic rings. The Morgan fingerprint density at radius 3 is 2.57 bits per heavy atom. The summed E-state index contributed by atoms with van der Waals surface area (Å²) in [6.07, 6.45) is 0. The summed E-state index contributed by atoms with van der Waals surface area (Å²) >= 11 is 12.3. The van der Waals surface area contributed by atoms with Gasteiger partial charge in [0.25, 0.3) is 11.7 Å². The molecule has 0 unspecified atom stereocenters. The molecule has 2 heterocycles. The summed E-state index contributed by atoms with van der Waals surface area (Å²) in [5.74, 6) is -1.15. The first-order valence-corrected chi connectivity index (χ1v) is 7.00. The summed E-state index contributed by atoms with van der Waals surface area (Å²) < 4.78 is 1.53. The van der Waals surface area contributed by atoms with Crippen LogP contribution < -0.4 is 4.90 Å². The fourth-order valence-corrected chi connectivity index (χ4v) is 2.99. The Morgan fingerprint density at radius 2 is 1.95 bits per heavy atom. The number of nitrogens with zero attached hydrogens (tertiary/aromatic N) is 3. The van der Waals surface area contributed by atoms with Crippen molar-refractivity contribution in [1.82, 2.24) is 9.78 Å². The van der Waals surface area contributed by atoms with Crippen LogP contribution in [0.5, 0.6) is 0 Å². The zero-order chi connectivity index (χ0) is 15.3. The Kier molecular flexibility index (Phi) is 3.26. The van der Waals surface area contributed by atoms with E-state index < -0.39 is 11.7 Å². The second-order valence-corrected chi connectivity index (χ2v) is 5.60. The molecule has 0 saturated heterocycles. The Balaban J connectivity index is 2.08. The molecule has 2 aromatic rings. The zero-order valence-electron chi connectivity index (χ0n) is 11.4. The Labute approximate surface area is 131 Å². The molecule has 1 aliphatic heterocycles. The average molecular weight is 324 g/mol. The lowest BCUT2D eigenvalue weighted by atomic mass is 10.1. The Hall–Kier alpha value is -1.85. The largest absolute Gasteiger partial charge is 0.299 e. The molecule has 0 spiro atoms. The third-order valence-electron chi connectivity index (χ3n) is 3.53. The maximum absolute atomic E-state index is 12.2. The minimum atomic E-state index is -0.600. The Morgan fingerprint density at radius 1 is 1.24 bits per heavy atom. The van der Waals surface area contributed by atoms with Gasteiger partial charge in [-0.25, -0.2) is 0 Å². The molecule has 0 bridgehead atoms. The highest BCUT2D eigenvalue weighted by Gasteiger charge is 2.38. The quantitative estimate of drug-likeness (QED) is 0.798. The van der Waals surface area contributed by atoms with Crippen LogP contribution in [0.25, 0.3) is 0 Å². The summed E-state index contributed by atoms with van der Waals surface area (Å²) in [5.41, 5.74) is 2.18. The normalized spacial score (nSPS) is 14.0. The van der Waals surface area contributed by atoms with E-state index in [0.717, 1.165) is 0 Å². The highest BCUT2D eigenvalue weighted by molar-refractivity contribution is 6.54. The number of para-hydroxylation sites is 1. The van der Waals surface area contributed by atoms with Crippen LogP contribution in [0.3, 0.4) is 0 Å². The van der Waals surface area contributed by atoms with E-state index in [2.05, 4.69) is 5.10 Å². The molecule has 0 fully saturated rings. The van der Waals surface area contributed by atoms with Crippen molar-refractivity contribution in [2.75, 3.05) is 4.90 Å². The maximum Gasteiger partial charge on any atom is 0.299 e. The fourth-order valence-electron chi connectivity index (χ4n) is 2.47. The SMILES string of the molecule is Cc1nn(C)c(Cl)c1CN1C(=O)C(=O)c2cccc(Cl)c21. The molecule has 0 saturated carbocycles. The van der Waals surface area contributed by atoms with Gasteiger partial charge in [0.2, 0.25) is 0 Å². The predicted molar refractivity (Wildman–Crippen MR) is 79.9 cm³/mol. The van der Waals surface area contributed by atoms with Crippen LogP contribution in [-0.2, 0) is 18.4 Å². The number of Topliss-reactive ketones (excluding diaryl/α,β-unsaturated/α-hetero) is 1. The first-order valence-electron chi connectivity index (χ1n) is 6.24. The van der Waals surface area contributed by atoms with E-state index in [1.54, 1.807) is 32.2 Å². The smallest absolute Gasteiger partial charge is 0.299 e. The number of benzene rings is 1. The second-order valence-electron chi connectivity index (χ2n) is 4.83. The molecule has 0 aliphatic carbocycles. The van der Waals surface area contributed by atoms with Gasteiger partial charge in [-0.15, -0.1) is 0 Å². The number of amides is 1. The first-order chi connectivity index (χ1) is 9.91. The summed E-state index contributed by atoms with van der Waals surface area (Å²) in [6, 6.07) is 4.90. The molecule has 108 valence electrons. The number of ketones is 1.